The van der Waals surface area contributed by atoms with E-state index >= 15 is 0 Å². The lowest BCUT2D eigenvalue weighted by molar-refractivity contribution is -0.301. The third-order valence-corrected chi connectivity index (χ3v) is 4.86. The molecule has 1 aromatic carbocycles. The van der Waals surface area contributed by atoms with Gasteiger partial charge < -0.3 is 9.90 Å². The Labute approximate surface area is 156 Å². The highest BCUT2D eigenvalue weighted by Crippen LogP contribution is 2.26. The molecule has 0 radical (unpaired) electrons. The van der Waals surface area contributed by atoms with Gasteiger partial charge >= 0.3 is 5.69 Å². The molecule has 0 fully saturated rings. The number of hydrogen-bond donors (Lipinski definition) is 0. The topological polar surface area (TPSA) is 110 Å². The second kappa shape index (κ2) is 6.93. The first kappa shape index (κ1) is 18.2. The van der Waals surface area contributed by atoms with Gasteiger partial charge in [0.15, 0.2) is 11.5 Å². The third-order valence-electron chi connectivity index (χ3n) is 3.68. The normalized spacial score (nSPS) is 11.0. The number of thioether (sulfide) groups is 1. The Morgan fingerprint density at radius 2 is 1.96 bits per heavy atom. The molecule has 8 nitrogen and oxygen atoms in total. The summed E-state index contributed by atoms with van der Waals surface area (Å²) >= 11 is 6.84. The van der Waals surface area contributed by atoms with E-state index in [1.807, 2.05) is 0 Å². The maximum atomic E-state index is 12.5. The van der Waals surface area contributed by atoms with Crippen molar-refractivity contribution in [3.05, 3.63) is 50.1 Å². The van der Waals surface area contributed by atoms with Gasteiger partial charge in [-0.1, -0.05) is 35.5 Å². The van der Waals surface area contributed by atoms with Crippen molar-refractivity contribution in [3.63, 3.8) is 0 Å². The molecular formula is C16H12ClN4O4S-. The molecule has 2 aromatic heterocycles. The zero-order valence-corrected chi connectivity index (χ0v) is 15.3. The fraction of sp³-hybridized carbons (Fsp3) is 0.188. The molecule has 0 unspecified atom stereocenters. The molecular weight excluding hydrogens is 380 g/mol. The van der Waals surface area contributed by atoms with E-state index in [9.17, 15) is 19.5 Å². The largest absolute Gasteiger partial charge is 0.549 e. The third kappa shape index (κ3) is 3.23. The van der Waals surface area contributed by atoms with Crippen LogP contribution in [0.5, 0.6) is 0 Å². The van der Waals surface area contributed by atoms with Gasteiger partial charge in [0.1, 0.15) is 10.4 Å². The summed E-state index contributed by atoms with van der Waals surface area (Å²) in [6.07, 6.45) is 0. The number of halogens is 1. The monoisotopic (exact) mass is 391 g/mol. The summed E-state index contributed by atoms with van der Waals surface area (Å²) < 4.78 is 2.14. The Bertz CT molecular complexity index is 1160. The first-order chi connectivity index (χ1) is 12.3. The molecule has 0 aliphatic rings. The number of benzene rings is 1. The first-order valence-corrected chi connectivity index (χ1v) is 8.72. The Balaban J connectivity index is 2.38. The molecule has 3 aromatic rings. The van der Waals surface area contributed by atoms with E-state index < -0.39 is 23.0 Å². The number of aryl methyl sites for hydroxylation is 1. The molecule has 0 aliphatic heterocycles. The van der Waals surface area contributed by atoms with E-state index in [-0.39, 0.29) is 21.9 Å². The number of carboxylic acid groups (broad SMARTS) is 1. The number of carbonyl (C=O) groups excluding carboxylic acids is 1. The van der Waals surface area contributed by atoms with Gasteiger partial charge in [-0.25, -0.2) is 14.8 Å². The molecule has 0 amide bonds. The minimum absolute atomic E-state index is 0.0756. The SMILES string of the molecule is Cn1c(=O)c2c(SCC(=O)[O-])nc(-c3cccc(Cl)c3)nc2n(C)c1=O. The summed E-state index contributed by atoms with van der Waals surface area (Å²) in [5, 5.41) is 11.5. The summed E-state index contributed by atoms with van der Waals surface area (Å²) in [6, 6.07) is 6.75. The van der Waals surface area contributed by atoms with Crippen molar-refractivity contribution in [2.75, 3.05) is 5.75 Å². The summed E-state index contributed by atoms with van der Waals surface area (Å²) in [5.74, 6) is -1.47. The number of hydrogen-bond acceptors (Lipinski definition) is 7. The maximum absolute atomic E-state index is 12.5. The summed E-state index contributed by atoms with van der Waals surface area (Å²) in [6.45, 7) is 0. The second-order valence-corrected chi connectivity index (χ2v) is 6.83. The quantitative estimate of drug-likeness (QED) is 0.461. The van der Waals surface area contributed by atoms with E-state index in [1.165, 1.54) is 18.7 Å². The number of carboxylic acids is 1. The highest BCUT2D eigenvalue weighted by molar-refractivity contribution is 8.00. The van der Waals surface area contributed by atoms with Gasteiger partial charge in [-0.15, -0.1) is 0 Å². The molecule has 26 heavy (non-hydrogen) atoms. The van der Waals surface area contributed by atoms with Gasteiger partial charge in [0.05, 0.1) is 5.97 Å². The molecule has 134 valence electrons. The molecule has 0 saturated carbocycles. The number of fused-ring (bicyclic) bond motifs is 1. The maximum Gasteiger partial charge on any atom is 0.332 e. The van der Waals surface area contributed by atoms with Crippen LogP contribution in [0.2, 0.25) is 5.02 Å². The van der Waals surface area contributed by atoms with E-state index in [1.54, 1.807) is 24.3 Å². The standard InChI is InChI=1S/C16H13ClN4O4S/c1-20-13-11(15(24)21(2)16(20)25)14(26-7-10(22)23)19-12(18-13)8-4-3-5-9(17)6-8/h3-6H,7H2,1-2H3,(H,22,23)/p-1. The lowest BCUT2D eigenvalue weighted by atomic mass is 10.2. The zero-order valence-electron chi connectivity index (χ0n) is 13.7. The van der Waals surface area contributed by atoms with Crippen LogP contribution in [0.1, 0.15) is 0 Å². The Morgan fingerprint density at radius 1 is 1.23 bits per heavy atom. The molecule has 0 bridgehead atoms. The summed E-state index contributed by atoms with van der Waals surface area (Å²) in [5.41, 5.74) is -0.456. The molecule has 0 spiro atoms. The molecule has 2 heterocycles. The Hall–Kier alpha value is -2.65. The second-order valence-electron chi connectivity index (χ2n) is 5.43. The van der Waals surface area contributed by atoms with Gasteiger partial charge in [0.25, 0.3) is 5.56 Å². The molecule has 0 atom stereocenters. The highest BCUT2D eigenvalue weighted by Gasteiger charge is 2.18. The van der Waals surface area contributed by atoms with Crippen LogP contribution in [0.4, 0.5) is 0 Å². The van der Waals surface area contributed by atoms with E-state index in [2.05, 4.69) is 9.97 Å². The fourth-order valence-electron chi connectivity index (χ4n) is 2.42. The molecule has 10 heteroatoms. The summed E-state index contributed by atoms with van der Waals surface area (Å²) in [7, 11) is 2.81. The number of aliphatic carboxylic acids is 1. The van der Waals surface area contributed by atoms with Gasteiger partial charge in [0.2, 0.25) is 0 Å². The van der Waals surface area contributed by atoms with E-state index in [4.69, 9.17) is 11.6 Å². The van der Waals surface area contributed by atoms with Crippen LogP contribution in [0.3, 0.4) is 0 Å². The lowest BCUT2D eigenvalue weighted by Gasteiger charge is -2.12. The minimum atomic E-state index is -1.30. The van der Waals surface area contributed by atoms with Crippen LogP contribution >= 0.6 is 23.4 Å². The van der Waals surface area contributed by atoms with Crippen molar-refractivity contribution < 1.29 is 9.90 Å². The lowest BCUT2D eigenvalue weighted by Crippen LogP contribution is -2.37. The number of carbonyl (C=O) groups is 1. The van der Waals surface area contributed by atoms with Crippen LogP contribution in [-0.4, -0.2) is 30.8 Å². The highest BCUT2D eigenvalue weighted by atomic mass is 35.5. The summed E-state index contributed by atoms with van der Waals surface area (Å²) in [4.78, 5) is 44.3. The van der Waals surface area contributed by atoms with Crippen LogP contribution in [0.15, 0.2) is 38.9 Å². The molecule has 3 rings (SSSR count). The van der Waals surface area contributed by atoms with Gasteiger partial charge in [-0.3, -0.25) is 13.9 Å². The van der Waals surface area contributed by atoms with Crippen LogP contribution in [0.25, 0.3) is 22.4 Å². The Kier molecular flexibility index (Phi) is 4.84. The number of rotatable bonds is 4. The van der Waals surface area contributed by atoms with Gasteiger partial charge in [-0.05, 0) is 12.1 Å². The molecule has 0 N–H and O–H groups in total. The van der Waals surface area contributed by atoms with E-state index in [0.717, 1.165) is 16.3 Å². The minimum Gasteiger partial charge on any atom is -0.549 e. The van der Waals surface area contributed by atoms with E-state index in [0.29, 0.717) is 10.6 Å². The van der Waals surface area contributed by atoms with Crippen molar-refractivity contribution >= 4 is 40.4 Å². The average Bonchev–Trinajstić information content (AvgIpc) is 2.62. The van der Waals surface area contributed by atoms with Crippen molar-refractivity contribution in [2.24, 2.45) is 14.1 Å². The predicted octanol–water partition coefficient (Wildman–Crippen LogP) is 0.190. The number of nitrogens with zero attached hydrogens (tertiary/aromatic N) is 4. The first-order valence-electron chi connectivity index (χ1n) is 7.36. The van der Waals surface area contributed by atoms with Crippen LogP contribution < -0.4 is 16.4 Å². The Morgan fingerprint density at radius 3 is 2.62 bits per heavy atom. The van der Waals surface area contributed by atoms with Crippen molar-refractivity contribution in [1.29, 1.82) is 0 Å². The zero-order chi connectivity index (χ0) is 19.0. The smallest absolute Gasteiger partial charge is 0.332 e. The van der Waals surface area contributed by atoms with Crippen molar-refractivity contribution in [2.45, 2.75) is 5.03 Å². The number of aromatic nitrogens is 4. The van der Waals surface area contributed by atoms with Gasteiger partial charge in [-0.2, -0.15) is 0 Å². The predicted molar refractivity (Wildman–Crippen MR) is 96.2 cm³/mol. The fourth-order valence-corrected chi connectivity index (χ4v) is 3.34. The van der Waals surface area contributed by atoms with Crippen molar-refractivity contribution in [1.82, 2.24) is 19.1 Å². The van der Waals surface area contributed by atoms with Crippen molar-refractivity contribution in [3.8, 4) is 11.4 Å². The average molecular weight is 392 g/mol. The van der Waals surface area contributed by atoms with Crippen LogP contribution in [-0.2, 0) is 18.9 Å². The molecule has 0 aliphatic carbocycles. The van der Waals surface area contributed by atoms with Crippen LogP contribution in [0, 0.1) is 0 Å². The van der Waals surface area contributed by atoms with Gasteiger partial charge in [0, 0.05) is 30.4 Å². The molecule has 0 saturated heterocycles.